The van der Waals surface area contributed by atoms with Crippen LogP contribution in [0.4, 0.5) is 0 Å². The summed E-state index contributed by atoms with van der Waals surface area (Å²) < 4.78 is 9.42. The van der Waals surface area contributed by atoms with Gasteiger partial charge in [0.05, 0.1) is 13.2 Å². The zero-order valence-corrected chi connectivity index (χ0v) is 13.4. The number of methoxy groups -OCH3 is 1. The summed E-state index contributed by atoms with van der Waals surface area (Å²) in [7, 11) is 1.21. The Hall–Kier alpha value is -2.63. The largest absolute Gasteiger partial charge is 0.466 e. The molecule has 0 spiro atoms. The lowest BCUT2D eigenvalue weighted by atomic mass is 10.0. The Morgan fingerprint density at radius 1 is 1.09 bits per heavy atom. The van der Waals surface area contributed by atoms with E-state index in [1.54, 1.807) is 24.3 Å². The minimum absolute atomic E-state index is 0.0145. The number of hydrogen-bond acceptors (Lipinski definition) is 5. The number of carbonyl (C=O) groups excluding carboxylic acids is 3. The molecule has 0 aliphatic heterocycles. The monoisotopic (exact) mass is 319 g/mol. The standard InChI is InChI=1S/C17H21NO5/c1-12(2)14(11-23-16(20)10-9-15(19)22-3)18-17(21)13-7-5-4-6-8-13/h4-10,12,14H,11H2,1-3H3,(H,18,21)/b10-9+. The highest BCUT2D eigenvalue weighted by Crippen LogP contribution is 2.06. The minimum atomic E-state index is -0.671. The molecule has 0 saturated heterocycles. The van der Waals surface area contributed by atoms with Crippen LogP contribution in [0.5, 0.6) is 0 Å². The molecule has 1 unspecified atom stereocenters. The van der Waals surface area contributed by atoms with Crippen molar-refractivity contribution in [1.82, 2.24) is 5.32 Å². The van der Waals surface area contributed by atoms with Gasteiger partial charge in [-0.2, -0.15) is 0 Å². The maximum Gasteiger partial charge on any atom is 0.331 e. The van der Waals surface area contributed by atoms with Gasteiger partial charge in [-0.15, -0.1) is 0 Å². The van der Waals surface area contributed by atoms with Crippen molar-refractivity contribution >= 4 is 17.8 Å². The Bertz CT molecular complexity index is 566. The Morgan fingerprint density at radius 3 is 2.26 bits per heavy atom. The average Bonchev–Trinajstić information content (AvgIpc) is 2.56. The summed E-state index contributed by atoms with van der Waals surface area (Å²) in [4.78, 5) is 34.5. The molecule has 0 bridgehead atoms. The summed E-state index contributed by atoms with van der Waals surface area (Å²) in [5.74, 6) is -1.47. The molecule has 0 saturated carbocycles. The average molecular weight is 319 g/mol. The van der Waals surface area contributed by atoms with Crippen molar-refractivity contribution < 1.29 is 23.9 Å². The first-order chi connectivity index (χ1) is 10.9. The molecule has 0 aliphatic rings. The van der Waals surface area contributed by atoms with Gasteiger partial charge in [0, 0.05) is 17.7 Å². The van der Waals surface area contributed by atoms with Crippen molar-refractivity contribution in [2.45, 2.75) is 19.9 Å². The number of benzene rings is 1. The van der Waals surface area contributed by atoms with E-state index in [9.17, 15) is 14.4 Å². The summed E-state index contributed by atoms with van der Waals surface area (Å²) in [6.07, 6.45) is 1.97. The highest BCUT2D eigenvalue weighted by molar-refractivity contribution is 5.94. The third kappa shape index (κ3) is 6.78. The predicted octanol–water partition coefficient (Wildman–Crippen LogP) is 1.71. The fourth-order valence-corrected chi connectivity index (χ4v) is 1.67. The maximum absolute atomic E-state index is 12.1. The lowest BCUT2D eigenvalue weighted by Gasteiger charge is -2.21. The molecule has 0 fully saturated rings. The van der Waals surface area contributed by atoms with Gasteiger partial charge in [-0.05, 0) is 18.1 Å². The summed E-state index contributed by atoms with van der Waals surface area (Å²) >= 11 is 0. The lowest BCUT2D eigenvalue weighted by Crippen LogP contribution is -2.42. The number of hydrogen-bond donors (Lipinski definition) is 1. The van der Waals surface area contributed by atoms with Crippen LogP contribution in [-0.4, -0.2) is 37.6 Å². The summed E-state index contributed by atoms with van der Waals surface area (Å²) in [5, 5.41) is 2.83. The van der Waals surface area contributed by atoms with E-state index in [-0.39, 0.29) is 24.5 Å². The summed E-state index contributed by atoms with van der Waals surface area (Å²) in [5.41, 5.74) is 0.537. The second kappa shape index (κ2) is 9.40. The molecule has 6 nitrogen and oxygen atoms in total. The first kappa shape index (κ1) is 18.4. The fraction of sp³-hybridized carbons (Fsp3) is 0.353. The van der Waals surface area contributed by atoms with E-state index >= 15 is 0 Å². The van der Waals surface area contributed by atoms with E-state index in [2.05, 4.69) is 10.1 Å². The highest BCUT2D eigenvalue weighted by Gasteiger charge is 2.18. The molecule has 1 amide bonds. The second-order valence-electron chi connectivity index (χ2n) is 5.18. The molecule has 1 atom stereocenters. The first-order valence-corrected chi connectivity index (χ1v) is 7.22. The Balaban J connectivity index is 2.56. The number of amides is 1. The van der Waals surface area contributed by atoms with Crippen LogP contribution in [0.1, 0.15) is 24.2 Å². The number of carbonyl (C=O) groups is 3. The Kier molecular flexibility index (Phi) is 7.53. The van der Waals surface area contributed by atoms with Gasteiger partial charge in [0.1, 0.15) is 6.61 Å². The van der Waals surface area contributed by atoms with E-state index in [1.807, 2.05) is 19.9 Å². The van der Waals surface area contributed by atoms with Crippen molar-refractivity contribution in [3.05, 3.63) is 48.0 Å². The zero-order chi connectivity index (χ0) is 17.2. The van der Waals surface area contributed by atoms with Crippen LogP contribution in [0.15, 0.2) is 42.5 Å². The second-order valence-corrected chi connectivity index (χ2v) is 5.18. The van der Waals surface area contributed by atoms with Gasteiger partial charge in [-0.3, -0.25) is 4.79 Å². The van der Waals surface area contributed by atoms with Crippen LogP contribution >= 0.6 is 0 Å². The van der Waals surface area contributed by atoms with Gasteiger partial charge in [0.2, 0.25) is 0 Å². The molecule has 0 aromatic heterocycles. The lowest BCUT2D eigenvalue weighted by molar-refractivity contribution is -0.140. The quantitative estimate of drug-likeness (QED) is 0.611. The van der Waals surface area contributed by atoms with Crippen LogP contribution in [0.25, 0.3) is 0 Å². The molecule has 1 N–H and O–H groups in total. The first-order valence-electron chi connectivity index (χ1n) is 7.22. The van der Waals surface area contributed by atoms with Crippen molar-refractivity contribution in [1.29, 1.82) is 0 Å². The molecule has 0 heterocycles. The van der Waals surface area contributed by atoms with Crippen LogP contribution in [0.2, 0.25) is 0 Å². The number of esters is 2. The van der Waals surface area contributed by atoms with Crippen molar-refractivity contribution in [2.24, 2.45) is 5.92 Å². The van der Waals surface area contributed by atoms with Crippen LogP contribution < -0.4 is 5.32 Å². The SMILES string of the molecule is COC(=O)/C=C/C(=O)OCC(NC(=O)c1ccccc1)C(C)C. The molecule has 23 heavy (non-hydrogen) atoms. The molecule has 1 aromatic carbocycles. The van der Waals surface area contributed by atoms with E-state index in [0.717, 1.165) is 12.2 Å². The predicted molar refractivity (Wildman–Crippen MR) is 84.6 cm³/mol. The Morgan fingerprint density at radius 2 is 1.70 bits per heavy atom. The van der Waals surface area contributed by atoms with Crippen molar-refractivity contribution in [3.8, 4) is 0 Å². The van der Waals surface area contributed by atoms with E-state index in [1.165, 1.54) is 7.11 Å². The van der Waals surface area contributed by atoms with Gasteiger partial charge in [0.15, 0.2) is 0 Å². The maximum atomic E-state index is 12.1. The van der Waals surface area contributed by atoms with Gasteiger partial charge in [-0.1, -0.05) is 32.0 Å². The Labute approximate surface area is 135 Å². The smallest absolute Gasteiger partial charge is 0.331 e. The third-order valence-electron chi connectivity index (χ3n) is 3.12. The van der Waals surface area contributed by atoms with E-state index in [0.29, 0.717) is 5.56 Å². The summed E-state index contributed by atoms with van der Waals surface area (Å²) in [6, 6.07) is 8.45. The van der Waals surface area contributed by atoms with Gasteiger partial charge in [0.25, 0.3) is 5.91 Å². The summed E-state index contributed by atoms with van der Waals surface area (Å²) in [6.45, 7) is 3.84. The zero-order valence-electron chi connectivity index (χ0n) is 13.4. The molecular formula is C17H21NO5. The van der Waals surface area contributed by atoms with E-state index in [4.69, 9.17) is 4.74 Å². The minimum Gasteiger partial charge on any atom is -0.466 e. The number of rotatable bonds is 7. The van der Waals surface area contributed by atoms with E-state index < -0.39 is 11.9 Å². The molecular weight excluding hydrogens is 298 g/mol. The van der Waals surface area contributed by atoms with Crippen LogP contribution in [0.3, 0.4) is 0 Å². The van der Waals surface area contributed by atoms with Gasteiger partial charge in [-0.25, -0.2) is 9.59 Å². The van der Waals surface area contributed by atoms with Crippen LogP contribution in [0, 0.1) is 5.92 Å². The fourth-order valence-electron chi connectivity index (χ4n) is 1.67. The van der Waals surface area contributed by atoms with Crippen molar-refractivity contribution in [2.75, 3.05) is 13.7 Å². The normalized spacial score (nSPS) is 12.0. The third-order valence-corrected chi connectivity index (χ3v) is 3.12. The molecule has 0 aliphatic carbocycles. The molecule has 0 radical (unpaired) electrons. The molecule has 6 heteroatoms. The highest BCUT2D eigenvalue weighted by atomic mass is 16.5. The molecule has 1 aromatic rings. The van der Waals surface area contributed by atoms with Crippen molar-refractivity contribution in [3.63, 3.8) is 0 Å². The molecule has 124 valence electrons. The number of nitrogens with one attached hydrogen (secondary N) is 1. The topological polar surface area (TPSA) is 81.7 Å². The van der Waals surface area contributed by atoms with Crippen LogP contribution in [-0.2, 0) is 19.1 Å². The van der Waals surface area contributed by atoms with Gasteiger partial charge >= 0.3 is 11.9 Å². The van der Waals surface area contributed by atoms with Gasteiger partial charge < -0.3 is 14.8 Å². The number of ether oxygens (including phenoxy) is 2. The molecule has 1 rings (SSSR count).